The van der Waals surface area contributed by atoms with Crippen LogP contribution in [0.2, 0.25) is 0 Å². The number of nitrogens with one attached hydrogen (secondary N) is 2. The van der Waals surface area contributed by atoms with Gasteiger partial charge in [-0.05, 0) is 30.0 Å². The number of benzene rings is 1. The minimum atomic E-state index is -0.436. The molecule has 1 aromatic carbocycles. The van der Waals surface area contributed by atoms with E-state index in [1.807, 2.05) is 12.1 Å². The number of rotatable bonds is 3. The van der Waals surface area contributed by atoms with E-state index in [1.54, 1.807) is 6.92 Å². The number of nitrogens with zero attached hydrogens (tertiary/aromatic N) is 1. The summed E-state index contributed by atoms with van der Waals surface area (Å²) in [4.78, 5) is 24.9. The van der Waals surface area contributed by atoms with Crippen molar-refractivity contribution < 1.29 is 9.59 Å². The third-order valence-corrected chi connectivity index (χ3v) is 3.63. The summed E-state index contributed by atoms with van der Waals surface area (Å²) in [6.45, 7) is 9.21. The molecule has 114 valence electrons. The SMILES string of the molecule is C[C@@H](Nc1ccc(C(C)(C)C)cc1)C(=O)N1CCNC1=O. The van der Waals surface area contributed by atoms with Crippen LogP contribution in [0.3, 0.4) is 0 Å². The molecule has 1 atom stereocenters. The highest BCUT2D eigenvalue weighted by molar-refractivity contribution is 5.99. The highest BCUT2D eigenvalue weighted by Gasteiger charge is 2.29. The fourth-order valence-corrected chi connectivity index (χ4v) is 2.29. The van der Waals surface area contributed by atoms with Gasteiger partial charge >= 0.3 is 6.03 Å². The summed E-state index contributed by atoms with van der Waals surface area (Å²) in [7, 11) is 0. The van der Waals surface area contributed by atoms with Crippen LogP contribution in [0.5, 0.6) is 0 Å². The lowest BCUT2D eigenvalue weighted by atomic mass is 9.87. The van der Waals surface area contributed by atoms with E-state index in [4.69, 9.17) is 0 Å². The Kier molecular flexibility index (Phi) is 4.21. The quantitative estimate of drug-likeness (QED) is 0.898. The van der Waals surface area contributed by atoms with Crippen molar-refractivity contribution in [2.24, 2.45) is 0 Å². The van der Waals surface area contributed by atoms with Gasteiger partial charge in [0, 0.05) is 18.8 Å². The van der Waals surface area contributed by atoms with Crippen LogP contribution >= 0.6 is 0 Å². The average molecular weight is 289 g/mol. The van der Waals surface area contributed by atoms with Crippen LogP contribution in [-0.2, 0) is 10.2 Å². The lowest BCUT2D eigenvalue weighted by Gasteiger charge is -2.22. The third kappa shape index (κ3) is 3.54. The maximum absolute atomic E-state index is 12.2. The minimum Gasteiger partial charge on any atom is -0.374 e. The Morgan fingerprint density at radius 2 is 1.90 bits per heavy atom. The van der Waals surface area contributed by atoms with Gasteiger partial charge in [0.05, 0.1) is 0 Å². The van der Waals surface area contributed by atoms with Gasteiger partial charge in [0.25, 0.3) is 5.91 Å². The molecule has 0 bridgehead atoms. The molecule has 0 saturated carbocycles. The number of urea groups is 1. The van der Waals surface area contributed by atoms with Gasteiger partial charge in [0.1, 0.15) is 6.04 Å². The van der Waals surface area contributed by atoms with Crippen molar-refractivity contribution in [3.05, 3.63) is 29.8 Å². The zero-order chi connectivity index (χ0) is 15.6. The number of carbonyl (C=O) groups is 2. The van der Waals surface area contributed by atoms with Crippen LogP contribution in [0.1, 0.15) is 33.3 Å². The fourth-order valence-electron chi connectivity index (χ4n) is 2.29. The fraction of sp³-hybridized carbons (Fsp3) is 0.500. The molecule has 21 heavy (non-hydrogen) atoms. The summed E-state index contributed by atoms with van der Waals surface area (Å²) in [5, 5.41) is 5.78. The molecule has 1 fully saturated rings. The second kappa shape index (κ2) is 5.76. The van der Waals surface area contributed by atoms with E-state index in [-0.39, 0.29) is 17.4 Å². The lowest BCUT2D eigenvalue weighted by molar-refractivity contribution is -0.128. The van der Waals surface area contributed by atoms with Gasteiger partial charge in [0.15, 0.2) is 0 Å². The summed E-state index contributed by atoms with van der Waals surface area (Å²) in [6, 6.07) is 7.30. The first-order chi connectivity index (χ1) is 9.79. The molecule has 0 radical (unpaired) electrons. The third-order valence-electron chi connectivity index (χ3n) is 3.63. The molecule has 1 aliphatic heterocycles. The zero-order valence-corrected chi connectivity index (χ0v) is 13.1. The maximum atomic E-state index is 12.2. The van der Waals surface area contributed by atoms with Gasteiger partial charge in [-0.15, -0.1) is 0 Å². The topological polar surface area (TPSA) is 61.4 Å². The van der Waals surface area contributed by atoms with Crippen molar-refractivity contribution in [1.29, 1.82) is 0 Å². The van der Waals surface area contributed by atoms with Crippen molar-refractivity contribution in [1.82, 2.24) is 10.2 Å². The van der Waals surface area contributed by atoms with Gasteiger partial charge in [-0.1, -0.05) is 32.9 Å². The summed E-state index contributed by atoms with van der Waals surface area (Å²) < 4.78 is 0. The molecule has 1 aromatic rings. The predicted molar refractivity (Wildman–Crippen MR) is 83.3 cm³/mol. The number of anilines is 1. The van der Waals surface area contributed by atoms with Gasteiger partial charge in [0.2, 0.25) is 0 Å². The number of hydrogen-bond acceptors (Lipinski definition) is 3. The van der Waals surface area contributed by atoms with E-state index in [0.717, 1.165) is 5.69 Å². The molecule has 0 aromatic heterocycles. The van der Waals surface area contributed by atoms with Crippen molar-refractivity contribution >= 4 is 17.6 Å². The smallest absolute Gasteiger partial charge is 0.324 e. The number of hydrogen-bond donors (Lipinski definition) is 2. The Labute approximate surface area is 125 Å². The maximum Gasteiger partial charge on any atom is 0.324 e. The zero-order valence-electron chi connectivity index (χ0n) is 13.1. The van der Waals surface area contributed by atoms with Crippen LogP contribution in [0, 0.1) is 0 Å². The standard InChI is InChI=1S/C16H23N3O2/c1-11(14(20)19-10-9-17-15(19)21)18-13-7-5-12(6-8-13)16(2,3)4/h5-8,11,18H,9-10H2,1-4H3,(H,17,21)/t11-/m1/s1. The second-order valence-electron chi connectivity index (χ2n) is 6.42. The number of imide groups is 1. The summed E-state index contributed by atoms with van der Waals surface area (Å²) in [5.41, 5.74) is 2.22. The van der Waals surface area contributed by atoms with E-state index in [2.05, 4.69) is 43.5 Å². The van der Waals surface area contributed by atoms with Gasteiger partial charge < -0.3 is 10.6 Å². The molecule has 1 heterocycles. The monoisotopic (exact) mass is 289 g/mol. The largest absolute Gasteiger partial charge is 0.374 e. The Morgan fingerprint density at radius 1 is 1.29 bits per heavy atom. The first kappa shape index (κ1) is 15.4. The van der Waals surface area contributed by atoms with Crippen LogP contribution in [0.25, 0.3) is 0 Å². The first-order valence-electron chi connectivity index (χ1n) is 7.25. The summed E-state index contributed by atoms with van der Waals surface area (Å²) >= 11 is 0. The number of carbonyl (C=O) groups excluding carboxylic acids is 2. The lowest BCUT2D eigenvalue weighted by Crippen LogP contribution is -2.43. The van der Waals surface area contributed by atoms with E-state index >= 15 is 0 Å². The molecular formula is C16H23N3O2. The van der Waals surface area contributed by atoms with Crippen molar-refractivity contribution in [3.63, 3.8) is 0 Å². The summed E-state index contributed by atoms with van der Waals surface area (Å²) in [5.74, 6) is -0.204. The second-order valence-corrected chi connectivity index (χ2v) is 6.42. The molecule has 2 N–H and O–H groups in total. The van der Waals surface area contributed by atoms with E-state index in [0.29, 0.717) is 13.1 Å². The first-order valence-corrected chi connectivity index (χ1v) is 7.25. The van der Waals surface area contributed by atoms with Crippen LogP contribution < -0.4 is 10.6 Å². The molecule has 5 nitrogen and oxygen atoms in total. The molecule has 1 aliphatic rings. The normalized spacial score (nSPS) is 16.6. The average Bonchev–Trinajstić information content (AvgIpc) is 2.83. The van der Waals surface area contributed by atoms with Gasteiger partial charge in [-0.2, -0.15) is 0 Å². The van der Waals surface area contributed by atoms with E-state index in [9.17, 15) is 9.59 Å². The molecule has 2 rings (SSSR count). The Hall–Kier alpha value is -2.04. The molecule has 3 amide bonds. The summed E-state index contributed by atoms with van der Waals surface area (Å²) in [6.07, 6.45) is 0. The Morgan fingerprint density at radius 3 is 2.38 bits per heavy atom. The van der Waals surface area contributed by atoms with Crippen molar-refractivity contribution in [2.45, 2.75) is 39.2 Å². The Balaban J connectivity index is 2.01. The molecule has 5 heteroatoms. The molecule has 0 unspecified atom stereocenters. The predicted octanol–water partition coefficient (Wildman–Crippen LogP) is 2.34. The van der Waals surface area contributed by atoms with Crippen LogP contribution in [0.4, 0.5) is 10.5 Å². The molecule has 0 aliphatic carbocycles. The Bertz CT molecular complexity index is 531. The molecule has 0 spiro atoms. The van der Waals surface area contributed by atoms with Crippen molar-refractivity contribution in [3.8, 4) is 0 Å². The van der Waals surface area contributed by atoms with E-state index < -0.39 is 6.04 Å². The molecular weight excluding hydrogens is 266 g/mol. The van der Waals surface area contributed by atoms with Gasteiger partial charge in [-0.3, -0.25) is 9.69 Å². The van der Waals surface area contributed by atoms with Crippen molar-refractivity contribution in [2.75, 3.05) is 18.4 Å². The van der Waals surface area contributed by atoms with Crippen LogP contribution in [0.15, 0.2) is 24.3 Å². The molecule has 1 saturated heterocycles. The van der Waals surface area contributed by atoms with Gasteiger partial charge in [-0.25, -0.2) is 4.79 Å². The highest BCUT2D eigenvalue weighted by Crippen LogP contribution is 2.23. The van der Waals surface area contributed by atoms with E-state index in [1.165, 1.54) is 10.5 Å². The minimum absolute atomic E-state index is 0.105. The highest BCUT2D eigenvalue weighted by atomic mass is 16.2. The van der Waals surface area contributed by atoms with Crippen LogP contribution in [-0.4, -0.2) is 36.0 Å². The number of amides is 3.